The molecule has 0 amide bonds. The summed E-state index contributed by atoms with van der Waals surface area (Å²) in [6.07, 6.45) is 17.5. The molecule has 3 rings (SSSR count). The quantitative estimate of drug-likeness (QED) is 0.622. The van der Waals surface area contributed by atoms with E-state index in [-0.39, 0.29) is 29.1 Å². The van der Waals surface area contributed by atoms with Gasteiger partial charge in [0.15, 0.2) is 0 Å². The number of esters is 1. The molecule has 112 valence electrons. The van der Waals surface area contributed by atoms with Gasteiger partial charge in [-0.1, -0.05) is 30.3 Å². The maximum absolute atomic E-state index is 11.1. The third-order valence-corrected chi connectivity index (χ3v) is 2.93. The van der Waals surface area contributed by atoms with Crippen molar-refractivity contribution < 1.29 is 26.6 Å². The smallest absolute Gasteiger partial charge is 0.457 e. The number of benzene rings is 1. The van der Waals surface area contributed by atoms with Crippen molar-refractivity contribution in [2.75, 3.05) is 0 Å². The molecule has 0 N–H and O–H groups in total. The van der Waals surface area contributed by atoms with E-state index < -0.39 is 0 Å². The number of ether oxygens (including phenoxy) is 1. The predicted octanol–water partition coefficient (Wildman–Crippen LogP) is 3.72. The summed E-state index contributed by atoms with van der Waals surface area (Å²) < 4.78 is 5.34. The van der Waals surface area contributed by atoms with Crippen LogP contribution in [0.1, 0.15) is 18.6 Å². The fourth-order valence-corrected chi connectivity index (χ4v) is 2.01. The van der Waals surface area contributed by atoms with Crippen LogP contribution in [0.25, 0.3) is 0 Å². The molecule has 0 aliphatic heterocycles. The van der Waals surface area contributed by atoms with Crippen molar-refractivity contribution in [3.05, 3.63) is 99.6 Å². The van der Waals surface area contributed by atoms with E-state index in [9.17, 15) is 4.79 Å². The molecule has 0 heterocycles. The Labute approximate surface area is 145 Å². The fourth-order valence-electron chi connectivity index (χ4n) is 2.01. The topological polar surface area (TPSA) is 26.3 Å². The third kappa shape index (κ3) is 6.54. The maximum Gasteiger partial charge on any atom is 2.00 e. The summed E-state index contributed by atoms with van der Waals surface area (Å²) in [5, 5.41) is 0. The van der Waals surface area contributed by atoms with Crippen molar-refractivity contribution in [1.82, 2.24) is 0 Å². The third-order valence-electron chi connectivity index (χ3n) is 2.93. The van der Waals surface area contributed by atoms with Crippen LogP contribution >= 0.6 is 0 Å². The molecule has 0 saturated heterocycles. The van der Waals surface area contributed by atoms with Gasteiger partial charge in [-0.25, -0.2) is 0 Å². The molecular formula is C19H18FeO2+2. The second-order valence-corrected chi connectivity index (χ2v) is 4.58. The van der Waals surface area contributed by atoms with Crippen molar-refractivity contribution in [2.24, 2.45) is 0 Å². The van der Waals surface area contributed by atoms with Gasteiger partial charge < -0.3 is 4.74 Å². The molecule has 0 unspecified atom stereocenters. The van der Waals surface area contributed by atoms with Crippen LogP contribution < -0.4 is 0 Å². The molecule has 2 aliphatic carbocycles. The Morgan fingerprint density at radius 2 is 1.36 bits per heavy atom. The summed E-state index contributed by atoms with van der Waals surface area (Å²) in [6, 6.07) is 9.74. The average molecular weight is 334 g/mol. The Morgan fingerprint density at radius 1 is 0.864 bits per heavy atom. The van der Waals surface area contributed by atoms with Gasteiger partial charge in [0.25, 0.3) is 0 Å². The maximum atomic E-state index is 11.1. The van der Waals surface area contributed by atoms with Crippen molar-refractivity contribution >= 4 is 5.97 Å². The van der Waals surface area contributed by atoms with Crippen molar-refractivity contribution in [3.8, 4) is 0 Å². The first-order valence-corrected chi connectivity index (χ1v) is 6.88. The van der Waals surface area contributed by atoms with E-state index in [0.717, 1.165) is 11.5 Å². The molecule has 2 aliphatic rings. The summed E-state index contributed by atoms with van der Waals surface area (Å²) in [5.41, 5.74) is 0.990. The zero-order valence-corrected chi connectivity index (χ0v) is 13.4. The summed E-state index contributed by atoms with van der Waals surface area (Å²) in [7, 11) is 0. The number of carbonyl (C=O) groups excluding carboxylic acids is 1. The molecule has 0 bridgehead atoms. The molecule has 2 fully saturated rings. The van der Waals surface area contributed by atoms with Gasteiger partial charge in [0.05, 0.1) is 0 Å². The standard InChI is InChI=1S/C14H13O2.C5H5.Fe/c1-11(15)16-14(13-9-5-6-10-13)12-7-3-2-4-8-12;1-2-4-5-3-1;/h2-10,14H,1H3;1-5H;/q;;+2/t14-;;/m1../s1. The van der Waals surface area contributed by atoms with Crippen LogP contribution in [0.4, 0.5) is 0 Å². The second kappa shape index (κ2) is 10.9. The molecule has 3 heteroatoms. The zero-order chi connectivity index (χ0) is 14.9. The van der Waals surface area contributed by atoms with Crippen molar-refractivity contribution in [2.45, 2.75) is 13.0 Å². The molecule has 10 radical (unpaired) electrons. The number of rotatable bonds is 3. The van der Waals surface area contributed by atoms with Gasteiger partial charge in [0.2, 0.25) is 0 Å². The van der Waals surface area contributed by atoms with Gasteiger partial charge in [-0.3, -0.25) is 4.79 Å². The van der Waals surface area contributed by atoms with Crippen LogP contribution in [0, 0.1) is 63.7 Å². The Kier molecular flexibility index (Phi) is 9.50. The number of hydrogen-bond acceptors (Lipinski definition) is 2. The first-order valence-electron chi connectivity index (χ1n) is 6.88. The zero-order valence-electron chi connectivity index (χ0n) is 12.3. The van der Waals surface area contributed by atoms with E-state index in [4.69, 9.17) is 4.74 Å². The Balaban J connectivity index is 0.000000344. The summed E-state index contributed by atoms with van der Waals surface area (Å²) in [6.45, 7) is 1.43. The Bertz CT molecular complexity index is 401. The van der Waals surface area contributed by atoms with Gasteiger partial charge in [0.1, 0.15) is 6.10 Å². The average Bonchev–Trinajstić information content (AvgIpc) is 3.21. The Morgan fingerprint density at radius 3 is 1.82 bits per heavy atom. The van der Waals surface area contributed by atoms with Crippen molar-refractivity contribution in [3.63, 3.8) is 0 Å². The minimum atomic E-state index is -0.298. The largest absolute Gasteiger partial charge is 2.00 e. The van der Waals surface area contributed by atoms with Crippen LogP contribution in [0.3, 0.4) is 0 Å². The van der Waals surface area contributed by atoms with Crippen LogP contribution in [-0.4, -0.2) is 5.97 Å². The minimum absolute atomic E-state index is 0. The van der Waals surface area contributed by atoms with Crippen LogP contribution in [-0.2, 0) is 26.6 Å². The molecule has 0 aromatic heterocycles. The molecule has 1 aromatic carbocycles. The summed E-state index contributed by atoms with van der Waals surface area (Å²) in [5.74, 6) is 0.733. The predicted molar refractivity (Wildman–Crippen MR) is 82.9 cm³/mol. The van der Waals surface area contributed by atoms with Crippen LogP contribution in [0.5, 0.6) is 0 Å². The SMILES string of the molecule is CC(=O)O[C@@H]([C]1[CH][CH][CH][CH]1)c1ccccc1.[CH]1[CH][CH][CH][CH]1.[Fe+2]. The Hall–Kier alpha value is -0.791. The fraction of sp³-hybridized carbons (Fsp3) is 0.105. The molecule has 1 atom stereocenters. The van der Waals surface area contributed by atoms with E-state index >= 15 is 0 Å². The number of carbonyl (C=O) groups is 1. The molecule has 0 spiro atoms. The van der Waals surface area contributed by atoms with E-state index in [2.05, 4.69) is 0 Å². The van der Waals surface area contributed by atoms with E-state index in [1.165, 1.54) is 6.92 Å². The first-order chi connectivity index (χ1) is 10.3. The molecule has 2 nitrogen and oxygen atoms in total. The van der Waals surface area contributed by atoms with Gasteiger partial charge in [0, 0.05) is 12.8 Å². The van der Waals surface area contributed by atoms with Crippen LogP contribution in [0.15, 0.2) is 30.3 Å². The van der Waals surface area contributed by atoms with Gasteiger partial charge in [-0.05, 0) is 63.4 Å². The number of hydrogen-bond donors (Lipinski definition) is 0. The summed E-state index contributed by atoms with van der Waals surface area (Å²) in [4.78, 5) is 11.1. The first kappa shape index (κ1) is 19.3. The molecular weight excluding hydrogens is 316 g/mol. The van der Waals surface area contributed by atoms with Crippen molar-refractivity contribution in [1.29, 1.82) is 0 Å². The van der Waals surface area contributed by atoms with E-state index in [1.54, 1.807) is 0 Å². The molecule has 1 aromatic rings. The van der Waals surface area contributed by atoms with Crippen LogP contribution in [0.2, 0.25) is 0 Å². The second-order valence-electron chi connectivity index (χ2n) is 4.58. The minimum Gasteiger partial charge on any atom is -0.457 e. The van der Waals surface area contributed by atoms with Gasteiger partial charge in [-0.2, -0.15) is 0 Å². The monoisotopic (exact) mass is 334 g/mol. The molecule has 2 saturated carbocycles. The van der Waals surface area contributed by atoms with Gasteiger partial charge >= 0.3 is 23.0 Å². The normalized spacial score (nSPS) is 18.8. The van der Waals surface area contributed by atoms with E-state index in [1.807, 2.05) is 88.1 Å². The van der Waals surface area contributed by atoms with Gasteiger partial charge in [-0.15, -0.1) is 0 Å². The summed E-state index contributed by atoms with van der Waals surface area (Å²) >= 11 is 0. The van der Waals surface area contributed by atoms with E-state index in [0.29, 0.717) is 0 Å². The molecule has 22 heavy (non-hydrogen) atoms.